The second-order valence-corrected chi connectivity index (χ2v) is 7.30. The molecule has 0 radical (unpaired) electrons. The minimum absolute atomic E-state index is 0. The molecule has 0 unspecified atom stereocenters. The Morgan fingerprint density at radius 3 is 2.54 bits per heavy atom. The van der Waals surface area contributed by atoms with Gasteiger partial charge in [-0.1, -0.05) is 6.92 Å². The molecule has 1 saturated heterocycles. The van der Waals surface area contributed by atoms with Gasteiger partial charge in [0.05, 0.1) is 5.01 Å². The van der Waals surface area contributed by atoms with Crippen molar-refractivity contribution in [3.63, 3.8) is 0 Å². The van der Waals surface area contributed by atoms with Crippen molar-refractivity contribution in [2.75, 3.05) is 52.9 Å². The fourth-order valence-corrected chi connectivity index (χ4v) is 3.62. The summed E-state index contributed by atoms with van der Waals surface area (Å²) in [6, 6.07) is 0. The lowest BCUT2D eigenvalue weighted by Crippen LogP contribution is -2.50. The van der Waals surface area contributed by atoms with E-state index in [2.05, 4.69) is 32.4 Å². The van der Waals surface area contributed by atoms with Crippen LogP contribution in [0.1, 0.15) is 23.7 Å². The number of aromatic nitrogens is 1. The predicted octanol–water partition coefficient (Wildman–Crippen LogP) is 1.20. The molecular weight excluding hydrogens is 463 g/mol. The molecule has 0 spiro atoms. The van der Waals surface area contributed by atoms with Crippen molar-refractivity contribution < 1.29 is 4.79 Å². The summed E-state index contributed by atoms with van der Waals surface area (Å²) in [5.41, 5.74) is 0. The van der Waals surface area contributed by atoms with Gasteiger partial charge in [0.2, 0.25) is 5.91 Å². The molecule has 1 amide bonds. The Bertz CT molecular complexity index is 571. The van der Waals surface area contributed by atoms with Crippen LogP contribution in [-0.2, 0) is 17.6 Å². The number of amides is 1. The third-order valence-corrected chi connectivity index (χ3v) is 5.54. The summed E-state index contributed by atoms with van der Waals surface area (Å²) in [6.07, 6.45) is 3.94. The van der Waals surface area contributed by atoms with Crippen molar-refractivity contribution in [1.29, 1.82) is 0 Å². The summed E-state index contributed by atoms with van der Waals surface area (Å²) in [5.74, 6) is 1.00. The Labute approximate surface area is 177 Å². The Kier molecular flexibility index (Phi) is 11.1. The standard InChI is InChI=1S/C17H30N6OS.HI/c1-4-15-13-21-16(25-15)5-6-19-17(18-3)20-7-8-22-9-11-23(12-10-22)14(2)24;/h13H,4-12H2,1-3H3,(H2,18,19,20);1H. The highest BCUT2D eigenvalue weighted by Gasteiger charge is 2.17. The number of guanidine groups is 1. The van der Waals surface area contributed by atoms with Crippen molar-refractivity contribution in [3.8, 4) is 0 Å². The quantitative estimate of drug-likeness (QED) is 0.339. The first-order chi connectivity index (χ1) is 12.1. The number of rotatable bonds is 7. The molecule has 1 fully saturated rings. The van der Waals surface area contributed by atoms with E-state index in [0.717, 1.165) is 64.6 Å². The van der Waals surface area contributed by atoms with Crippen molar-refractivity contribution in [2.45, 2.75) is 26.7 Å². The Morgan fingerprint density at radius 1 is 1.27 bits per heavy atom. The third kappa shape index (κ3) is 7.75. The number of aryl methyl sites for hydroxylation is 1. The second kappa shape index (κ2) is 12.4. The minimum atomic E-state index is 0. The Balaban J connectivity index is 0.00000338. The fraction of sp³-hybridized carbons (Fsp3) is 0.706. The Morgan fingerprint density at radius 2 is 1.96 bits per heavy atom. The van der Waals surface area contributed by atoms with Gasteiger partial charge in [0.25, 0.3) is 0 Å². The lowest BCUT2D eigenvalue weighted by Gasteiger charge is -2.34. The number of carbonyl (C=O) groups is 1. The molecule has 0 atom stereocenters. The highest BCUT2D eigenvalue weighted by Crippen LogP contribution is 2.13. The fourth-order valence-electron chi connectivity index (χ4n) is 2.75. The highest BCUT2D eigenvalue weighted by atomic mass is 127. The molecule has 0 aromatic carbocycles. The molecule has 2 heterocycles. The van der Waals surface area contributed by atoms with Crippen LogP contribution in [0, 0.1) is 0 Å². The maximum atomic E-state index is 11.3. The summed E-state index contributed by atoms with van der Waals surface area (Å²) in [7, 11) is 1.79. The third-order valence-electron chi connectivity index (χ3n) is 4.34. The number of nitrogens with zero attached hydrogens (tertiary/aromatic N) is 4. The van der Waals surface area contributed by atoms with E-state index < -0.39 is 0 Å². The molecule has 1 aromatic rings. The van der Waals surface area contributed by atoms with Crippen LogP contribution in [0.25, 0.3) is 0 Å². The van der Waals surface area contributed by atoms with E-state index in [1.807, 2.05) is 11.1 Å². The first-order valence-electron chi connectivity index (χ1n) is 8.98. The first kappa shape index (κ1) is 23.1. The van der Waals surface area contributed by atoms with Crippen LogP contribution in [0.2, 0.25) is 0 Å². The van der Waals surface area contributed by atoms with Gasteiger partial charge in [-0.05, 0) is 6.42 Å². The van der Waals surface area contributed by atoms with Crippen LogP contribution in [0.4, 0.5) is 0 Å². The second-order valence-electron chi connectivity index (χ2n) is 6.10. The van der Waals surface area contributed by atoms with Crippen LogP contribution >= 0.6 is 35.3 Å². The van der Waals surface area contributed by atoms with E-state index in [-0.39, 0.29) is 29.9 Å². The molecule has 26 heavy (non-hydrogen) atoms. The number of aliphatic imine (C=N–C) groups is 1. The van der Waals surface area contributed by atoms with Crippen molar-refractivity contribution >= 4 is 47.2 Å². The van der Waals surface area contributed by atoms with Gasteiger partial charge in [0.1, 0.15) is 0 Å². The summed E-state index contributed by atoms with van der Waals surface area (Å²) in [4.78, 5) is 25.7. The van der Waals surface area contributed by atoms with Crippen molar-refractivity contribution in [3.05, 3.63) is 16.1 Å². The Hall–Kier alpha value is -0.940. The molecule has 148 valence electrons. The largest absolute Gasteiger partial charge is 0.356 e. The molecule has 9 heteroatoms. The summed E-state index contributed by atoms with van der Waals surface area (Å²) < 4.78 is 0. The van der Waals surface area contributed by atoms with E-state index in [1.54, 1.807) is 25.3 Å². The van der Waals surface area contributed by atoms with Crippen LogP contribution in [0.15, 0.2) is 11.2 Å². The van der Waals surface area contributed by atoms with Crippen molar-refractivity contribution in [2.24, 2.45) is 4.99 Å². The van der Waals surface area contributed by atoms with E-state index in [0.29, 0.717) is 0 Å². The van der Waals surface area contributed by atoms with Crippen LogP contribution < -0.4 is 10.6 Å². The molecule has 1 aliphatic heterocycles. The van der Waals surface area contributed by atoms with E-state index >= 15 is 0 Å². The SMILES string of the molecule is CCc1cnc(CCNC(=NC)NCCN2CCN(C(C)=O)CC2)s1.I. The number of hydrogen-bond acceptors (Lipinski definition) is 5. The maximum absolute atomic E-state index is 11.3. The molecule has 7 nitrogen and oxygen atoms in total. The van der Waals surface area contributed by atoms with Gasteiger partial charge in [-0.2, -0.15) is 0 Å². The summed E-state index contributed by atoms with van der Waals surface area (Å²) >= 11 is 1.78. The van der Waals surface area contributed by atoms with Gasteiger partial charge < -0.3 is 15.5 Å². The number of halogens is 1. The molecule has 0 aliphatic carbocycles. The molecule has 1 aromatic heterocycles. The molecule has 0 bridgehead atoms. The number of piperazine rings is 1. The van der Waals surface area contributed by atoms with Crippen LogP contribution in [0.3, 0.4) is 0 Å². The summed E-state index contributed by atoms with van der Waals surface area (Å²) in [6.45, 7) is 9.96. The number of carbonyl (C=O) groups excluding carboxylic acids is 1. The van der Waals surface area contributed by atoms with Gasteiger partial charge in [-0.15, -0.1) is 35.3 Å². The van der Waals surface area contributed by atoms with Crippen LogP contribution in [0.5, 0.6) is 0 Å². The zero-order valence-corrected chi connectivity index (χ0v) is 19.1. The zero-order chi connectivity index (χ0) is 18.1. The van der Waals surface area contributed by atoms with E-state index in [1.165, 1.54) is 9.88 Å². The summed E-state index contributed by atoms with van der Waals surface area (Å²) in [5, 5.41) is 7.86. The van der Waals surface area contributed by atoms with Gasteiger partial charge in [0.15, 0.2) is 5.96 Å². The van der Waals surface area contributed by atoms with Crippen LogP contribution in [-0.4, -0.2) is 79.5 Å². The zero-order valence-electron chi connectivity index (χ0n) is 16.0. The molecular formula is C17H31IN6OS. The predicted molar refractivity (Wildman–Crippen MR) is 119 cm³/mol. The van der Waals surface area contributed by atoms with E-state index in [4.69, 9.17) is 0 Å². The molecule has 1 aliphatic rings. The first-order valence-corrected chi connectivity index (χ1v) is 9.80. The average Bonchev–Trinajstić information content (AvgIpc) is 3.09. The highest BCUT2D eigenvalue weighted by molar-refractivity contribution is 14.0. The average molecular weight is 494 g/mol. The van der Waals surface area contributed by atoms with Crippen molar-refractivity contribution in [1.82, 2.24) is 25.4 Å². The molecule has 0 saturated carbocycles. The van der Waals surface area contributed by atoms with Gasteiger partial charge in [0, 0.05) is 77.3 Å². The lowest BCUT2D eigenvalue weighted by molar-refractivity contribution is -0.130. The van der Waals surface area contributed by atoms with Gasteiger partial charge in [-0.3, -0.25) is 14.7 Å². The maximum Gasteiger partial charge on any atom is 0.219 e. The van der Waals surface area contributed by atoms with Gasteiger partial charge in [-0.25, -0.2) is 4.98 Å². The number of hydrogen-bond donors (Lipinski definition) is 2. The molecule has 2 N–H and O–H groups in total. The lowest BCUT2D eigenvalue weighted by atomic mass is 10.3. The van der Waals surface area contributed by atoms with Gasteiger partial charge >= 0.3 is 0 Å². The monoisotopic (exact) mass is 494 g/mol. The minimum Gasteiger partial charge on any atom is -0.356 e. The smallest absolute Gasteiger partial charge is 0.219 e. The topological polar surface area (TPSA) is 72.9 Å². The molecule has 2 rings (SSSR count). The van der Waals surface area contributed by atoms with E-state index in [9.17, 15) is 4.79 Å². The number of thiazole rings is 1. The normalized spacial score (nSPS) is 15.5. The number of nitrogens with one attached hydrogen (secondary N) is 2.